The van der Waals surface area contributed by atoms with Crippen LogP contribution in [0.25, 0.3) is 0 Å². The lowest BCUT2D eigenvalue weighted by molar-refractivity contribution is -0.146. The largest absolute Gasteiger partial charge is 0.297 e. The van der Waals surface area contributed by atoms with Crippen LogP contribution in [0.2, 0.25) is 0 Å². The van der Waals surface area contributed by atoms with E-state index in [1.165, 1.54) is 0 Å². The number of fused-ring (bicyclic) bond motifs is 5. The van der Waals surface area contributed by atoms with Crippen LogP contribution in [0.4, 0.5) is 4.39 Å². The minimum Gasteiger partial charge on any atom is -0.297 e. The molecule has 5 aliphatic rings. The lowest BCUT2D eigenvalue weighted by atomic mass is 9.48. The molecule has 0 aromatic carbocycles. The van der Waals surface area contributed by atoms with Gasteiger partial charge in [0.25, 0.3) is 0 Å². The van der Waals surface area contributed by atoms with Gasteiger partial charge in [0.2, 0.25) is 0 Å². The lowest BCUT2D eigenvalue weighted by Crippen LogP contribution is -2.56. The Hall–Kier alpha value is -1.70. The van der Waals surface area contributed by atoms with E-state index in [4.69, 9.17) is 0 Å². The van der Waals surface area contributed by atoms with Crippen molar-refractivity contribution in [3.8, 4) is 6.07 Å². The molecule has 5 aliphatic carbocycles. The molecule has 0 spiro atoms. The van der Waals surface area contributed by atoms with E-state index in [0.29, 0.717) is 24.3 Å². The molecular formula is C28H38FN3O. The average molecular weight is 452 g/mol. The van der Waals surface area contributed by atoms with Gasteiger partial charge in [0.05, 0.1) is 24.2 Å². The van der Waals surface area contributed by atoms with Gasteiger partial charge in [0, 0.05) is 17.7 Å². The fourth-order valence-electron chi connectivity index (χ4n) is 9.08. The monoisotopic (exact) mass is 451 g/mol. The van der Waals surface area contributed by atoms with Crippen LogP contribution in [0.15, 0.2) is 12.4 Å². The number of carbonyl (C=O) groups excluding carboxylic acids is 1. The molecule has 8 atom stereocenters. The molecule has 5 fully saturated rings. The van der Waals surface area contributed by atoms with Gasteiger partial charge in [-0.3, -0.25) is 9.48 Å². The standard InChI is InChI=1S/C28H38FN3O/c1-18-7-10-28(29)19(13-18)3-4-21-22-5-6-24(26(22,2)9-8-23(21)28)25(33)16-32-15-20(14-31-32)27(17-30)11-12-27/h14-15,18-19,21-24H,3-13,16H2,1-2H3/t18-,19+,21?,22?,23?,24+,26-,28+/m0/s1. The highest BCUT2D eigenvalue weighted by atomic mass is 19.1. The number of alkyl halides is 1. The SMILES string of the molecule is C[C@H]1CC[C@]2(F)C3CC[C@@]4(C)C(CC[C@@H]4C(=O)Cn4cc(C5(C#N)CC5)cn4)C3CC[C@@H]2C1. The first-order valence-corrected chi connectivity index (χ1v) is 13.4. The summed E-state index contributed by atoms with van der Waals surface area (Å²) in [6.07, 6.45) is 14.5. The van der Waals surface area contributed by atoms with Gasteiger partial charge in [0.1, 0.15) is 5.67 Å². The van der Waals surface area contributed by atoms with E-state index < -0.39 is 5.67 Å². The van der Waals surface area contributed by atoms with E-state index in [9.17, 15) is 10.1 Å². The summed E-state index contributed by atoms with van der Waals surface area (Å²) < 4.78 is 18.2. The van der Waals surface area contributed by atoms with Crippen LogP contribution in [-0.2, 0) is 16.8 Å². The molecule has 0 N–H and O–H groups in total. The molecule has 0 amide bonds. The second kappa shape index (κ2) is 7.40. The highest BCUT2D eigenvalue weighted by molar-refractivity contribution is 5.82. The highest BCUT2D eigenvalue weighted by Gasteiger charge is 2.62. The molecule has 0 radical (unpaired) electrons. The van der Waals surface area contributed by atoms with Gasteiger partial charge in [-0.05, 0) is 106 Å². The van der Waals surface area contributed by atoms with Crippen molar-refractivity contribution in [2.45, 2.75) is 102 Å². The highest BCUT2D eigenvalue weighted by Crippen LogP contribution is 2.66. The number of rotatable bonds is 4. The van der Waals surface area contributed by atoms with Crippen LogP contribution in [0, 0.1) is 52.3 Å². The molecule has 1 aromatic rings. The van der Waals surface area contributed by atoms with Crippen LogP contribution in [0.5, 0.6) is 0 Å². The maximum absolute atomic E-state index is 16.5. The normalized spacial score (nSPS) is 45.4. The topological polar surface area (TPSA) is 58.7 Å². The van der Waals surface area contributed by atoms with Gasteiger partial charge in [-0.25, -0.2) is 4.39 Å². The van der Waals surface area contributed by atoms with Gasteiger partial charge < -0.3 is 0 Å². The Bertz CT molecular complexity index is 992. The Morgan fingerprint density at radius 2 is 1.97 bits per heavy atom. The predicted octanol–water partition coefficient (Wildman–Crippen LogP) is 6.00. The minimum atomic E-state index is -0.955. The van der Waals surface area contributed by atoms with Crippen molar-refractivity contribution < 1.29 is 9.18 Å². The van der Waals surface area contributed by atoms with Crippen LogP contribution in [0.1, 0.15) is 90.0 Å². The van der Waals surface area contributed by atoms with E-state index in [2.05, 4.69) is 25.0 Å². The summed E-state index contributed by atoms with van der Waals surface area (Å²) in [4.78, 5) is 13.5. The Kier molecular flexibility index (Phi) is 4.89. The summed E-state index contributed by atoms with van der Waals surface area (Å²) in [6, 6.07) is 2.42. The van der Waals surface area contributed by atoms with Crippen molar-refractivity contribution in [2.75, 3.05) is 0 Å². The van der Waals surface area contributed by atoms with Gasteiger partial charge in [-0.1, -0.05) is 13.8 Å². The summed E-state index contributed by atoms with van der Waals surface area (Å²) in [5.41, 5.74) is -0.351. The van der Waals surface area contributed by atoms with Gasteiger partial charge in [-0.2, -0.15) is 10.4 Å². The summed E-state index contributed by atoms with van der Waals surface area (Å²) in [5.74, 6) is 2.43. The molecule has 33 heavy (non-hydrogen) atoms. The van der Waals surface area contributed by atoms with Crippen molar-refractivity contribution >= 4 is 5.78 Å². The maximum Gasteiger partial charge on any atom is 0.157 e. The van der Waals surface area contributed by atoms with Crippen LogP contribution < -0.4 is 0 Å². The molecule has 0 aliphatic heterocycles. The molecule has 0 saturated heterocycles. The Balaban J connectivity index is 1.18. The number of halogens is 1. The Labute approximate surface area is 197 Å². The van der Waals surface area contributed by atoms with Crippen molar-refractivity contribution in [1.29, 1.82) is 5.26 Å². The van der Waals surface area contributed by atoms with E-state index in [1.807, 2.05) is 6.20 Å². The third-order valence-electron chi connectivity index (χ3n) is 11.1. The molecule has 4 nitrogen and oxygen atoms in total. The average Bonchev–Trinajstić information content (AvgIpc) is 3.31. The maximum atomic E-state index is 16.5. The van der Waals surface area contributed by atoms with E-state index in [0.717, 1.165) is 76.2 Å². The van der Waals surface area contributed by atoms with Gasteiger partial charge in [-0.15, -0.1) is 0 Å². The van der Waals surface area contributed by atoms with E-state index in [1.54, 1.807) is 10.9 Å². The van der Waals surface area contributed by atoms with Crippen molar-refractivity contribution in [3.63, 3.8) is 0 Å². The minimum absolute atomic E-state index is 0.00373. The third-order valence-corrected chi connectivity index (χ3v) is 11.1. The summed E-state index contributed by atoms with van der Waals surface area (Å²) in [5, 5.41) is 13.9. The lowest BCUT2D eigenvalue weighted by Gasteiger charge is -2.58. The summed E-state index contributed by atoms with van der Waals surface area (Å²) in [6.45, 7) is 4.94. The fraction of sp³-hybridized carbons (Fsp3) is 0.821. The van der Waals surface area contributed by atoms with Gasteiger partial charge in [0.15, 0.2) is 5.78 Å². The first kappa shape index (κ1) is 21.8. The zero-order valence-electron chi connectivity index (χ0n) is 20.2. The summed E-state index contributed by atoms with van der Waals surface area (Å²) >= 11 is 0. The molecule has 6 rings (SSSR count). The molecule has 1 aromatic heterocycles. The van der Waals surface area contributed by atoms with Crippen molar-refractivity contribution in [2.24, 2.45) is 40.9 Å². The second-order valence-corrected chi connectivity index (χ2v) is 12.7. The zero-order chi connectivity index (χ0) is 23.0. The number of nitrogens with zero attached hydrogens (tertiary/aromatic N) is 3. The second-order valence-electron chi connectivity index (χ2n) is 12.7. The zero-order valence-corrected chi connectivity index (χ0v) is 20.2. The molecule has 5 heteroatoms. The Morgan fingerprint density at radius 1 is 1.15 bits per heavy atom. The predicted molar refractivity (Wildman–Crippen MR) is 124 cm³/mol. The van der Waals surface area contributed by atoms with Crippen LogP contribution in [-0.4, -0.2) is 21.2 Å². The number of Topliss-reactive ketones (excluding diaryl/α,β-unsaturated/α-hetero) is 1. The van der Waals surface area contributed by atoms with Crippen LogP contribution >= 0.6 is 0 Å². The van der Waals surface area contributed by atoms with Crippen LogP contribution in [0.3, 0.4) is 0 Å². The molecule has 0 bridgehead atoms. The first-order chi connectivity index (χ1) is 15.8. The molecule has 178 valence electrons. The van der Waals surface area contributed by atoms with Gasteiger partial charge >= 0.3 is 0 Å². The van der Waals surface area contributed by atoms with Crippen molar-refractivity contribution in [3.05, 3.63) is 18.0 Å². The number of nitriles is 1. The molecular weight excluding hydrogens is 413 g/mol. The smallest absolute Gasteiger partial charge is 0.157 e. The number of ketones is 1. The molecule has 1 heterocycles. The van der Waals surface area contributed by atoms with E-state index >= 15 is 4.39 Å². The number of hydrogen-bond acceptors (Lipinski definition) is 3. The molecule has 5 saturated carbocycles. The van der Waals surface area contributed by atoms with Crippen molar-refractivity contribution in [1.82, 2.24) is 9.78 Å². The third kappa shape index (κ3) is 3.18. The fourth-order valence-corrected chi connectivity index (χ4v) is 9.08. The first-order valence-electron chi connectivity index (χ1n) is 13.4. The Morgan fingerprint density at radius 3 is 2.73 bits per heavy atom. The summed E-state index contributed by atoms with van der Waals surface area (Å²) in [7, 11) is 0. The number of carbonyl (C=O) groups is 1. The van der Waals surface area contributed by atoms with E-state index in [-0.39, 0.29) is 34.4 Å². The molecule has 3 unspecified atom stereocenters. The quantitative estimate of drug-likeness (QED) is 0.564. The number of hydrogen-bond donors (Lipinski definition) is 0. The number of aromatic nitrogens is 2.